The molecule has 288 valence electrons. The van der Waals surface area contributed by atoms with Crippen molar-refractivity contribution in [2.45, 2.75) is 94.7 Å². The van der Waals surface area contributed by atoms with Crippen LogP contribution < -0.4 is 5.32 Å². The van der Waals surface area contributed by atoms with Crippen LogP contribution in [0.4, 0.5) is 0 Å². The van der Waals surface area contributed by atoms with Gasteiger partial charge in [-0.25, -0.2) is 0 Å². The number of rotatable bonds is 17. The molecule has 2 aliphatic rings. The normalized spacial score (nSPS) is 28.4. The Balaban J connectivity index is 1.35. The zero-order chi connectivity index (χ0) is 37.7. The van der Waals surface area contributed by atoms with Crippen molar-refractivity contribution in [3.05, 3.63) is 144 Å². The summed E-state index contributed by atoms with van der Waals surface area (Å²) in [6.07, 6.45) is -10.1. The molecular weight excluding hydrogens is 694 g/mol. The first-order valence-corrected chi connectivity index (χ1v) is 18.2. The number of hydrogen-bond donors (Lipinski definition) is 4. The third kappa shape index (κ3) is 10.8. The molecule has 4 aromatic carbocycles. The van der Waals surface area contributed by atoms with Crippen molar-refractivity contribution in [2.24, 2.45) is 0 Å². The summed E-state index contributed by atoms with van der Waals surface area (Å²) in [6, 6.07) is 37.6. The number of hydrogen-bond acceptors (Lipinski definition) is 11. The molecule has 0 aliphatic carbocycles. The fourth-order valence-corrected chi connectivity index (χ4v) is 6.65. The summed E-state index contributed by atoms with van der Waals surface area (Å²) in [5.74, 6) is -0.496. The van der Waals surface area contributed by atoms with Gasteiger partial charge in [-0.15, -0.1) is 0 Å². The van der Waals surface area contributed by atoms with E-state index in [9.17, 15) is 20.1 Å². The molecule has 2 heterocycles. The minimum atomic E-state index is -1.60. The first kappa shape index (κ1) is 39.6. The molecule has 10 atom stereocenters. The predicted octanol–water partition coefficient (Wildman–Crippen LogP) is 3.64. The van der Waals surface area contributed by atoms with Gasteiger partial charge in [-0.3, -0.25) is 4.79 Å². The second-order valence-corrected chi connectivity index (χ2v) is 13.4. The van der Waals surface area contributed by atoms with E-state index in [0.717, 1.165) is 22.3 Å². The number of nitrogens with one attached hydrogen (secondary N) is 1. The zero-order valence-electron chi connectivity index (χ0n) is 30.2. The number of carbonyl (C=O) groups is 1. The van der Waals surface area contributed by atoms with Crippen LogP contribution in [-0.2, 0) is 64.4 Å². The van der Waals surface area contributed by atoms with Crippen molar-refractivity contribution in [3.63, 3.8) is 0 Å². The number of aliphatic hydroxyl groups is 3. The highest BCUT2D eigenvalue weighted by molar-refractivity contribution is 5.73. The second kappa shape index (κ2) is 20.0. The van der Waals surface area contributed by atoms with E-state index in [1.54, 1.807) is 0 Å². The monoisotopic (exact) mass is 743 g/mol. The fourth-order valence-electron chi connectivity index (χ4n) is 6.65. The zero-order valence-corrected chi connectivity index (χ0v) is 30.2. The van der Waals surface area contributed by atoms with Gasteiger partial charge in [0.2, 0.25) is 5.91 Å². The second-order valence-electron chi connectivity index (χ2n) is 13.4. The van der Waals surface area contributed by atoms with Crippen LogP contribution in [0.2, 0.25) is 0 Å². The van der Waals surface area contributed by atoms with Gasteiger partial charge in [0.25, 0.3) is 0 Å². The largest absolute Gasteiger partial charge is 0.394 e. The van der Waals surface area contributed by atoms with Gasteiger partial charge in [-0.05, 0) is 22.3 Å². The molecule has 0 radical (unpaired) electrons. The third-order valence-corrected chi connectivity index (χ3v) is 9.37. The maximum absolute atomic E-state index is 12.0. The lowest BCUT2D eigenvalue weighted by molar-refractivity contribution is -0.360. The number of amides is 1. The van der Waals surface area contributed by atoms with E-state index in [-0.39, 0.29) is 26.4 Å². The molecule has 2 aliphatic heterocycles. The van der Waals surface area contributed by atoms with Crippen LogP contribution in [0.3, 0.4) is 0 Å². The van der Waals surface area contributed by atoms with Crippen molar-refractivity contribution in [1.82, 2.24) is 5.32 Å². The van der Waals surface area contributed by atoms with Gasteiger partial charge in [0.05, 0.1) is 39.6 Å². The Kier molecular flexibility index (Phi) is 14.7. The Morgan fingerprint density at radius 1 is 0.611 bits per heavy atom. The van der Waals surface area contributed by atoms with Gasteiger partial charge in [0.1, 0.15) is 48.8 Å². The summed E-state index contributed by atoms with van der Waals surface area (Å²) in [5.41, 5.74) is 3.72. The summed E-state index contributed by atoms with van der Waals surface area (Å²) >= 11 is 0. The lowest BCUT2D eigenvalue weighted by atomic mass is 9.95. The average molecular weight is 744 g/mol. The quantitative estimate of drug-likeness (QED) is 0.125. The van der Waals surface area contributed by atoms with E-state index in [1.807, 2.05) is 121 Å². The lowest BCUT2D eigenvalue weighted by Gasteiger charge is -2.49. The van der Waals surface area contributed by atoms with Crippen LogP contribution in [0.1, 0.15) is 29.2 Å². The first-order chi connectivity index (χ1) is 26.4. The molecule has 2 saturated heterocycles. The fraction of sp³-hybridized carbons (Fsp3) is 0.405. The minimum Gasteiger partial charge on any atom is -0.394 e. The number of benzene rings is 4. The first-order valence-electron chi connectivity index (χ1n) is 18.2. The SMILES string of the molecule is CC(=O)N[C@@H]1[C@@H](O)[C@@H](O[C@@H]2O[C@H](COCc3ccccc3)[C@H](OCc3ccccc3)[C@H](OCc3ccccc3)[C@H]2OCc2ccccc2)[C@@H](CO)O[C@@H]1O. The van der Waals surface area contributed by atoms with Crippen molar-refractivity contribution in [3.8, 4) is 0 Å². The smallest absolute Gasteiger partial charge is 0.217 e. The number of aliphatic hydroxyl groups excluding tert-OH is 3. The molecule has 12 nitrogen and oxygen atoms in total. The molecule has 54 heavy (non-hydrogen) atoms. The van der Waals surface area contributed by atoms with Gasteiger partial charge in [-0.1, -0.05) is 121 Å². The predicted molar refractivity (Wildman–Crippen MR) is 196 cm³/mol. The minimum absolute atomic E-state index is 0.0746. The molecule has 4 aromatic rings. The molecule has 0 aromatic heterocycles. The van der Waals surface area contributed by atoms with E-state index in [4.69, 9.17) is 33.2 Å². The maximum Gasteiger partial charge on any atom is 0.217 e. The Labute approximate surface area is 315 Å². The van der Waals surface area contributed by atoms with Crippen molar-refractivity contribution in [2.75, 3.05) is 13.2 Å². The standard InChI is InChI=1S/C42H49NO11/c1-28(45)43-35-36(46)37(33(22-44)52-41(35)47)54-42-40(51-26-32-20-12-5-13-21-32)39(50-25-31-18-10-4-11-19-31)38(49-24-30-16-8-3-9-17-30)34(53-42)27-48-23-29-14-6-2-7-15-29/h2-21,33-42,44,46-47H,22-27H2,1H3,(H,43,45)/t33-,34-,35-,36-,37+,38+,39+,40-,41+,42+/m1/s1. The molecule has 4 N–H and O–H groups in total. The van der Waals surface area contributed by atoms with Crippen LogP contribution >= 0.6 is 0 Å². The van der Waals surface area contributed by atoms with Gasteiger partial charge in [0.15, 0.2) is 12.6 Å². The van der Waals surface area contributed by atoms with Gasteiger partial charge in [-0.2, -0.15) is 0 Å². The highest BCUT2D eigenvalue weighted by atomic mass is 16.7. The summed E-state index contributed by atoms with van der Waals surface area (Å²) in [6.45, 7) is 1.64. The van der Waals surface area contributed by atoms with Crippen LogP contribution in [-0.4, -0.2) is 95.8 Å². The molecule has 0 bridgehead atoms. The molecular formula is C42H49NO11. The van der Waals surface area contributed by atoms with E-state index >= 15 is 0 Å². The summed E-state index contributed by atoms with van der Waals surface area (Å²) in [7, 11) is 0. The van der Waals surface area contributed by atoms with Gasteiger partial charge >= 0.3 is 0 Å². The Morgan fingerprint density at radius 3 is 1.56 bits per heavy atom. The Morgan fingerprint density at radius 2 is 1.07 bits per heavy atom. The molecule has 0 spiro atoms. The number of ether oxygens (including phenoxy) is 7. The van der Waals surface area contributed by atoms with Crippen molar-refractivity contribution < 1.29 is 53.3 Å². The topological polar surface area (TPSA) is 154 Å². The molecule has 1 amide bonds. The van der Waals surface area contributed by atoms with Crippen LogP contribution in [0.25, 0.3) is 0 Å². The van der Waals surface area contributed by atoms with E-state index in [2.05, 4.69) is 5.32 Å². The van der Waals surface area contributed by atoms with Gasteiger partial charge < -0.3 is 53.8 Å². The van der Waals surface area contributed by atoms with Crippen LogP contribution in [0.5, 0.6) is 0 Å². The molecule has 0 unspecified atom stereocenters. The molecule has 6 rings (SSSR count). The average Bonchev–Trinajstić information content (AvgIpc) is 3.20. The van der Waals surface area contributed by atoms with Crippen molar-refractivity contribution in [1.29, 1.82) is 0 Å². The lowest BCUT2D eigenvalue weighted by Crippen LogP contribution is -2.67. The highest BCUT2D eigenvalue weighted by Gasteiger charge is 2.53. The third-order valence-electron chi connectivity index (χ3n) is 9.37. The maximum atomic E-state index is 12.0. The number of carbonyl (C=O) groups excluding carboxylic acids is 1. The van der Waals surface area contributed by atoms with E-state index in [0.29, 0.717) is 6.61 Å². The Hall–Kier alpha value is -4.05. The van der Waals surface area contributed by atoms with Crippen molar-refractivity contribution >= 4 is 5.91 Å². The van der Waals surface area contributed by atoms with E-state index in [1.165, 1.54) is 6.92 Å². The van der Waals surface area contributed by atoms with Gasteiger partial charge in [0, 0.05) is 6.92 Å². The molecule has 12 heteroatoms. The molecule has 2 fully saturated rings. The summed E-state index contributed by atoms with van der Waals surface area (Å²) in [5, 5.41) is 35.0. The highest BCUT2D eigenvalue weighted by Crippen LogP contribution is 2.34. The Bertz CT molecular complexity index is 1670. The summed E-state index contributed by atoms with van der Waals surface area (Å²) < 4.78 is 45.3. The summed E-state index contributed by atoms with van der Waals surface area (Å²) in [4.78, 5) is 12.0. The van der Waals surface area contributed by atoms with Crippen LogP contribution in [0.15, 0.2) is 121 Å². The van der Waals surface area contributed by atoms with Crippen LogP contribution in [0, 0.1) is 0 Å². The van der Waals surface area contributed by atoms with E-state index < -0.39 is 73.9 Å². The molecule has 0 saturated carbocycles.